The topological polar surface area (TPSA) is 90.3 Å². The van der Waals surface area contributed by atoms with E-state index in [0.29, 0.717) is 16.0 Å². The number of urea groups is 1. The summed E-state index contributed by atoms with van der Waals surface area (Å²) < 4.78 is 27.0. The highest BCUT2D eigenvalue weighted by Gasteiger charge is 2.55. The van der Waals surface area contributed by atoms with Crippen LogP contribution in [0.5, 0.6) is 0 Å². The number of Topliss-reactive ketones (excluding diaryl/α,β-unsaturated/α-hetero) is 1. The largest absolute Gasteiger partial charge is 0.325 e. The highest BCUT2D eigenvalue weighted by Crippen LogP contribution is 2.41. The molecular weight excluding hydrogens is 424 g/mol. The van der Waals surface area contributed by atoms with Gasteiger partial charge in [-0.2, -0.15) is 5.26 Å². The fraction of sp³-hybridized carbons (Fsp3) is 0.364. The first-order valence-electron chi connectivity index (χ1n) is 9.81. The lowest BCUT2D eigenvalue weighted by Gasteiger charge is -2.34. The molecule has 4 rings (SSSR count). The molecule has 1 saturated heterocycles. The minimum Gasteiger partial charge on any atom is -0.323 e. The van der Waals surface area contributed by atoms with Crippen LogP contribution in [0, 0.1) is 18.3 Å². The summed E-state index contributed by atoms with van der Waals surface area (Å²) in [7, 11) is 0. The van der Waals surface area contributed by atoms with Gasteiger partial charge in [-0.1, -0.05) is 18.2 Å². The van der Waals surface area contributed by atoms with E-state index in [-0.39, 0.29) is 12.8 Å². The Labute approximate surface area is 181 Å². The summed E-state index contributed by atoms with van der Waals surface area (Å²) >= 11 is 1.19. The van der Waals surface area contributed by atoms with E-state index in [2.05, 4.69) is 11.4 Å². The maximum absolute atomic E-state index is 13.5. The van der Waals surface area contributed by atoms with E-state index < -0.39 is 48.6 Å². The van der Waals surface area contributed by atoms with Crippen LogP contribution in [0.15, 0.2) is 30.3 Å². The molecule has 1 saturated carbocycles. The molecule has 0 bridgehead atoms. The fourth-order valence-electron chi connectivity index (χ4n) is 4.09. The van der Waals surface area contributed by atoms with Gasteiger partial charge in [-0.15, -0.1) is 11.3 Å². The quantitative estimate of drug-likeness (QED) is 0.564. The van der Waals surface area contributed by atoms with Crippen LogP contribution in [0.4, 0.5) is 13.6 Å². The molecule has 0 radical (unpaired) electrons. The molecule has 1 aliphatic heterocycles. The zero-order chi connectivity index (χ0) is 22.4. The Kier molecular flexibility index (Phi) is 5.13. The zero-order valence-electron chi connectivity index (χ0n) is 16.7. The average Bonchev–Trinajstić information content (AvgIpc) is 3.23. The van der Waals surface area contributed by atoms with Crippen molar-refractivity contribution in [1.82, 2.24) is 10.2 Å². The van der Waals surface area contributed by atoms with Gasteiger partial charge >= 0.3 is 6.03 Å². The molecule has 1 aromatic heterocycles. The molecule has 0 atom stereocenters. The van der Waals surface area contributed by atoms with E-state index in [4.69, 9.17) is 0 Å². The second kappa shape index (κ2) is 7.54. The molecule has 9 heteroatoms. The van der Waals surface area contributed by atoms with Gasteiger partial charge in [0.25, 0.3) is 5.91 Å². The smallest absolute Gasteiger partial charge is 0.323 e. The Bertz CT molecular complexity index is 1130. The molecule has 2 aromatic rings. The van der Waals surface area contributed by atoms with Crippen LogP contribution in [-0.2, 0) is 4.79 Å². The third-order valence-corrected chi connectivity index (χ3v) is 7.18. The molecule has 2 aliphatic rings. The molecule has 0 unspecified atom stereocenters. The van der Waals surface area contributed by atoms with E-state index >= 15 is 0 Å². The van der Waals surface area contributed by atoms with Crippen molar-refractivity contribution in [3.8, 4) is 16.5 Å². The maximum atomic E-state index is 13.5. The lowest BCUT2D eigenvalue weighted by atomic mass is 9.80. The summed E-state index contributed by atoms with van der Waals surface area (Å²) in [4.78, 5) is 40.1. The maximum Gasteiger partial charge on any atom is 0.325 e. The standard InChI is InChI=1S/C22H19F2N3O3S/c1-13-10-17(31-18(13)15-5-3-2-4-14(15)11-25)16(28)12-27-19(29)21(26-20(27)30)6-8-22(23,24)9-7-21/h2-5,10H,6-9,12H2,1H3,(H,26,30). The molecule has 31 heavy (non-hydrogen) atoms. The number of rotatable bonds is 4. The number of ketones is 1. The second-order valence-electron chi connectivity index (χ2n) is 7.96. The number of imide groups is 1. The van der Waals surface area contributed by atoms with E-state index in [1.807, 2.05) is 6.92 Å². The summed E-state index contributed by atoms with van der Waals surface area (Å²) in [5.74, 6) is -3.88. The summed E-state index contributed by atoms with van der Waals surface area (Å²) in [6.07, 6.45) is -1.26. The van der Waals surface area contributed by atoms with Gasteiger partial charge in [-0.25, -0.2) is 13.6 Å². The van der Waals surface area contributed by atoms with E-state index in [1.54, 1.807) is 30.3 Å². The van der Waals surface area contributed by atoms with Gasteiger partial charge in [0.05, 0.1) is 23.1 Å². The molecule has 6 nitrogen and oxygen atoms in total. The number of halogens is 2. The van der Waals surface area contributed by atoms with Crippen molar-refractivity contribution < 1.29 is 23.2 Å². The summed E-state index contributed by atoms with van der Waals surface area (Å²) in [5.41, 5.74) is 0.654. The van der Waals surface area contributed by atoms with Crippen LogP contribution in [0.2, 0.25) is 0 Å². The summed E-state index contributed by atoms with van der Waals surface area (Å²) in [6, 6.07) is 10.1. The van der Waals surface area contributed by atoms with E-state index in [1.165, 1.54) is 11.3 Å². The van der Waals surface area contributed by atoms with Gasteiger partial charge in [0, 0.05) is 23.3 Å². The molecule has 3 amide bonds. The molecule has 160 valence electrons. The molecule has 2 fully saturated rings. The van der Waals surface area contributed by atoms with Gasteiger partial charge in [0.15, 0.2) is 5.78 Å². The summed E-state index contributed by atoms with van der Waals surface area (Å²) in [5, 5.41) is 11.9. The van der Waals surface area contributed by atoms with Crippen LogP contribution < -0.4 is 5.32 Å². The number of benzene rings is 1. The number of hydrogen-bond donors (Lipinski definition) is 1. The fourth-order valence-corrected chi connectivity index (χ4v) is 5.23. The molecular formula is C22H19F2N3O3S. The second-order valence-corrected chi connectivity index (χ2v) is 9.02. The van der Waals surface area contributed by atoms with Crippen LogP contribution in [0.1, 0.15) is 46.5 Å². The van der Waals surface area contributed by atoms with Crippen LogP contribution in [-0.4, -0.2) is 40.6 Å². The minimum atomic E-state index is -2.84. The van der Waals surface area contributed by atoms with E-state index in [9.17, 15) is 28.4 Å². The van der Waals surface area contributed by atoms with Crippen LogP contribution in [0.25, 0.3) is 10.4 Å². The van der Waals surface area contributed by atoms with Crippen molar-refractivity contribution >= 4 is 29.1 Å². The minimum absolute atomic E-state index is 0.150. The third kappa shape index (κ3) is 3.72. The Morgan fingerprint density at radius 2 is 1.90 bits per heavy atom. The number of aryl methyl sites for hydroxylation is 1. The number of nitrogens with zero attached hydrogens (tertiary/aromatic N) is 2. The first-order chi connectivity index (χ1) is 14.7. The number of nitrogens with one attached hydrogen (secondary N) is 1. The first kappa shape index (κ1) is 21.1. The molecule has 2 heterocycles. The van der Waals surface area contributed by atoms with Crippen molar-refractivity contribution in [3.63, 3.8) is 0 Å². The monoisotopic (exact) mass is 443 g/mol. The molecule has 1 spiro atoms. The number of carbonyl (C=O) groups excluding carboxylic acids is 3. The molecule has 1 N–H and O–H groups in total. The van der Waals surface area contributed by atoms with Crippen LogP contribution >= 0.6 is 11.3 Å². The Hall–Kier alpha value is -3.12. The van der Waals surface area contributed by atoms with Crippen molar-refractivity contribution in [2.75, 3.05) is 6.54 Å². The number of amides is 3. The Morgan fingerprint density at radius 1 is 1.23 bits per heavy atom. The number of carbonyl (C=O) groups is 3. The summed E-state index contributed by atoms with van der Waals surface area (Å²) in [6.45, 7) is 1.36. The molecule has 1 aliphatic carbocycles. The average molecular weight is 443 g/mol. The van der Waals surface area contributed by atoms with Crippen LogP contribution in [0.3, 0.4) is 0 Å². The van der Waals surface area contributed by atoms with E-state index in [0.717, 1.165) is 15.3 Å². The number of nitriles is 1. The van der Waals surface area contributed by atoms with Gasteiger partial charge in [0.1, 0.15) is 5.54 Å². The number of alkyl halides is 2. The van der Waals surface area contributed by atoms with Gasteiger partial charge in [-0.05, 0) is 37.5 Å². The van der Waals surface area contributed by atoms with Crippen molar-refractivity contribution in [2.24, 2.45) is 0 Å². The SMILES string of the molecule is Cc1cc(C(=O)CN2C(=O)NC3(CCC(F)(F)CC3)C2=O)sc1-c1ccccc1C#N. The predicted octanol–water partition coefficient (Wildman–Crippen LogP) is 4.28. The third-order valence-electron chi connectivity index (χ3n) is 5.87. The number of hydrogen-bond acceptors (Lipinski definition) is 5. The van der Waals surface area contributed by atoms with Crippen molar-refractivity contribution in [1.29, 1.82) is 5.26 Å². The highest BCUT2D eigenvalue weighted by molar-refractivity contribution is 7.17. The number of thiophene rings is 1. The van der Waals surface area contributed by atoms with Crippen molar-refractivity contribution in [2.45, 2.75) is 44.1 Å². The van der Waals surface area contributed by atoms with Gasteiger partial charge in [-0.3, -0.25) is 14.5 Å². The first-order valence-corrected chi connectivity index (χ1v) is 10.6. The normalized spacial score (nSPS) is 19.4. The van der Waals surface area contributed by atoms with Crippen molar-refractivity contribution in [3.05, 3.63) is 46.3 Å². The molecule has 1 aromatic carbocycles. The Balaban J connectivity index is 1.54. The lowest BCUT2D eigenvalue weighted by Crippen LogP contribution is -2.51. The Morgan fingerprint density at radius 3 is 2.58 bits per heavy atom. The highest BCUT2D eigenvalue weighted by atomic mass is 32.1. The van der Waals surface area contributed by atoms with Gasteiger partial charge < -0.3 is 5.32 Å². The lowest BCUT2D eigenvalue weighted by molar-refractivity contribution is -0.135. The zero-order valence-corrected chi connectivity index (χ0v) is 17.5. The predicted molar refractivity (Wildman–Crippen MR) is 110 cm³/mol. The van der Waals surface area contributed by atoms with Gasteiger partial charge in [0.2, 0.25) is 5.92 Å².